The fourth-order valence-electron chi connectivity index (χ4n) is 2.19. The van der Waals surface area contributed by atoms with E-state index in [0.29, 0.717) is 0 Å². The van der Waals surface area contributed by atoms with E-state index in [9.17, 15) is 0 Å². The molecule has 0 fully saturated rings. The van der Waals surface area contributed by atoms with Crippen molar-refractivity contribution in [3.63, 3.8) is 0 Å². The number of fused-ring (bicyclic) bond motifs is 1. The van der Waals surface area contributed by atoms with Crippen LogP contribution in [0.1, 0.15) is 31.3 Å². The smallest absolute Gasteiger partial charge is 0.161 e. The molecule has 6 heteroatoms. The van der Waals surface area contributed by atoms with E-state index in [-0.39, 0.29) is 6.04 Å². The molecule has 3 aromatic heterocycles. The summed E-state index contributed by atoms with van der Waals surface area (Å²) in [6, 6.07) is 3.84. The maximum atomic E-state index is 5.89. The van der Waals surface area contributed by atoms with Crippen LogP contribution in [-0.4, -0.2) is 19.5 Å². The van der Waals surface area contributed by atoms with Gasteiger partial charge in [0.1, 0.15) is 16.2 Å². The van der Waals surface area contributed by atoms with E-state index in [0.717, 1.165) is 40.7 Å². The Kier molecular flexibility index (Phi) is 3.50. The highest BCUT2D eigenvalue weighted by atomic mass is 32.1. The predicted octanol–water partition coefficient (Wildman–Crippen LogP) is 2.98. The van der Waals surface area contributed by atoms with Crippen LogP contribution in [0, 0.1) is 0 Å². The molecule has 1 atom stereocenters. The Bertz CT molecular complexity index is 728. The average molecular weight is 287 g/mol. The number of hydrogen-bond acceptors (Lipinski definition) is 5. The average Bonchev–Trinajstić information content (AvgIpc) is 3.04. The molecule has 5 nitrogen and oxygen atoms in total. The second kappa shape index (κ2) is 5.30. The summed E-state index contributed by atoms with van der Waals surface area (Å²) >= 11 is 1.58. The number of rotatable bonds is 4. The van der Waals surface area contributed by atoms with Gasteiger partial charge in [-0.25, -0.2) is 15.0 Å². The summed E-state index contributed by atoms with van der Waals surface area (Å²) in [7, 11) is 0. The normalized spacial score (nSPS) is 12.9. The molecule has 0 saturated carbocycles. The molecule has 0 radical (unpaired) electrons. The maximum Gasteiger partial charge on any atom is 0.161 e. The quantitative estimate of drug-likeness (QED) is 0.801. The van der Waals surface area contributed by atoms with Gasteiger partial charge in [-0.2, -0.15) is 0 Å². The van der Waals surface area contributed by atoms with Crippen LogP contribution in [0.3, 0.4) is 0 Å². The van der Waals surface area contributed by atoms with E-state index in [2.05, 4.69) is 26.4 Å². The summed E-state index contributed by atoms with van der Waals surface area (Å²) in [6.45, 7) is 4.97. The van der Waals surface area contributed by atoms with Gasteiger partial charge in [-0.1, -0.05) is 6.92 Å². The number of nitrogens with zero attached hydrogens (tertiary/aromatic N) is 4. The van der Waals surface area contributed by atoms with Gasteiger partial charge < -0.3 is 10.3 Å². The van der Waals surface area contributed by atoms with Gasteiger partial charge in [-0.05, 0) is 25.5 Å². The summed E-state index contributed by atoms with van der Waals surface area (Å²) in [5.74, 6) is 0.878. The van der Waals surface area contributed by atoms with Crippen molar-refractivity contribution in [2.24, 2.45) is 5.73 Å². The molecule has 20 heavy (non-hydrogen) atoms. The van der Waals surface area contributed by atoms with Crippen LogP contribution >= 0.6 is 11.3 Å². The Morgan fingerprint density at radius 1 is 1.40 bits per heavy atom. The first-order valence-corrected chi connectivity index (χ1v) is 7.61. The van der Waals surface area contributed by atoms with Crippen molar-refractivity contribution in [2.45, 2.75) is 32.9 Å². The number of imidazole rings is 1. The van der Waals surface area contributed by atoms with Crippen molar-refractivity contribution in [3.05, 3.63) is 28.7 Å². The van der Waals surface area contributed by atoms with Crippen LogP contribution in [0.4, 0.5) is 0 Å². The van der Waals surface area contributed by atoms with Gasteiger partial charge in [0.15, 0.2) is 11.5 Å². The van der Waals surface area contributed by atoms with Crippen molar-refractivity contribution in [2.75, 3.05) is 0 Å². The monoisotopic (exact) mass is 287 g/mol. The third kappa shape index (κ3) is 2.21. The van der Waals surface area contributed by atoms with Crippen LogP contribution in [0.15, 0.2) is 23.7 Å². The molecule has 3 aromatic rings. The lowest BCUT2D eigenvalue weighted by molar-refractivity contribution is 0.696. The fourth-order valence-corrected chi connectivity index (χ4v) is 2.95. The minimum absolute atomic E-state index is 0.0455. The van der Waals surface area contributed by atoms with Crippen LogP contribution < -0.4 is 5.73 Å². The number of pyridine rings is 1. The second-order valence-electron chi connectivity index (χ2n) is 4.79. The highest BCUT2D eigenvalue weighted by Crippen LogP contribution is 2.27. The molecular weight excluding hydrogens is 270 g/mol. The van der Waals surface area contributed by atoms with Crippen molar-refractivity contribution < 1.29 is 0 Å². The highest BCUT2D eigenvalue weighted by molar-refractivity contribution is 7.10. The van der Waals surface area contributed by atoms with Gasteiger partial charge >= 0.3 is 0 Å². The van der Waals surface area contributed by atoms with Crippen molar-refractivity contribution in [1.82, 2.24) is 19.5 Å². The Morgan fingerprint density at radius 3 is 2.95 bits per heavy atom. The van der Waals surface area contributed by atoms with Gasteiger partial charge in [-0.3, -0.25) is 0 Å². The van der Waals surface area contributed by atoms with Crippen molar-refractivity contribution in [3.8, 4) is 11.5 Å². The van der Waals surface area contributed by atoms with Crippen molar-refractivity contribution >= 4 is 22.5 Å². The summed E-state index contributed by atoms with van der Waals surface area (Å²) < 4.78 is 2.13. The summed E-state index contributed by atoms with van der Waals surface area (Å²) in [6.07, 6.45) is 2.83. The number of aryl methyl sites for hydroxylation is 1. The molecule has 1 unspecified atom stereocenters. The molecular formula is C14H17N5S. The zero-order chi connectivity index (χ0) is 14.1. The SMILES string of the molecule is CCCn1c(-c2csc(C(C)N)n2)nc2cccnc21. The molecule has 2 N–H and O–H groups in total. The van der Waals surface area contributed by atoms with Crippen LogP contribution in [0.5, 0.6) is 0 Å². The first-order chi connectivity index (χ1) is 9.70. The number of aromatic nitrogens is 4. The van der Waals surface area contributed by atoms with Gasteiger partial charge in [0, 0.05) is 18.1 Å². The van der Waals surface area contributed by atoms with E-state index < -0.39 is 0 Å². The van der Waals surface area contributed by atoms with Crippen LogP contribution in [-0.2, 0) is 6.54 Å². The van der Waals surface area contributed by atoms with Crippen LogP contribution in [0.2, 0.25) is 0 Å². The van der Waals surface area contributed by atoms with Gasteiger partial charge in [0.25, 0.3) is 0 Å². The summed E-state index contributed by atoms with van der Waals surface area (Å²) in [5, 5.41) is 2.95. The first kappa shape index (κ1) is 13.2. The molecule has 104 valence electrons. The molecule has 0 aromatic carbocycles. The zero-order valence-corrected chi connectivity index (χ0v) is 12.4. The van der Waals surface area contributed by atoms with Crippen LogP contribution in [0.25, 0.3) is 22.7 Å². The molecule has 0 amide bonds. The lowest BCUT2D eigenvalue weighted by atomic mass is 10.4. The first-order valence-electron chi connectivity index (χ1n) is 6.73. The van der Waals surface area contributed by atoms with E-state index in [1.54, 1.807) is 17.5 Å². The molecule has 3 rings (SSSR count). The lowest BCUT2D eigenvalue weighted by Gasteiger charge is -2.04. The number of thiazole rings is 1. The number of nitrogens with two attached hydrogens (primary N) is 1. The lowest BCUT2D eigenvalue weighted by Crippen LogP contribution is -2.05. The molecule has 0 saturated heterocycles. The maximum absolute atomic E-state index is 5.89. The van der Waals surface area contributed by atoms with Gasteiger partial charge in [0.05, 0.1) is 6.04 Å². The third-order valence-electron chi connectivity index (χ3n) is 3.09. The topological polar surface area (TPSA) is 69.6 Å². The van der Waals surface area contributed by atoms with E-state index in [1.807, 2.05) is 24.4 Å². The predicted molar refractivity (Wildman–Crippen MR) is 81.5 cm³/mol. The third-order valence-corrected chi connectivity index (χ3v) is 4.14. The molecule has 3 heterocycles. The fraction of sp³-hybridized carbons (Fsp3) is 0.357. The zero-order valence-electron chi connectivity index (χ0n) is 11.6. The Labute approximate surface area is 121 Å². The van der Waals surface area contributed by atoms with E-state index >= 15 is 0 Å². The Balaban J connectivity index is 2.15. The van der Waals surface area contributed by atoms with Gasteiger partial charge in [0.2, 0.25) is 0 Å². The summed E-state index contributed by atoms with van der Waals surface area (Å²) in [5.41, 5.74) is 8.59. The molecule has 0 aliphatic rings. The molecule has 0 aliphatic carbocycles. The Hall–Kier alpha value is -1.79. The van der Waals surface area contributed by atoms with E-state index in [1.165, 1.54) is 0 Å². The molecule has 0 spiro atoms. The minimum Gasteiger partial charge on any atom is -0.322 e. The minimum atomic E-state index is -0.0455. The summed E-state index contributed by atoms with van der Waals surface area (Å²) in [4.78, 5) is 13.7. The Morgan fingerprint density at radius 2 is 2.25 bits per heavy atom. The largest absolute Gasteiger partial charge is 0.322 e. The van der Waals surface area contributed by atoms with Crippen molar-refractivity contribution in [1.29, 1.82) is 0 Å². The molecule has 0 aliphatic heterocycles. The van der Waals surface area contributed by atoms with E-state index in [4.69, 9.17) is 5.73 Å². The second-order valence-corrected chi connectivity index (χ2v) is 5.68. The highest BCUT2D eigenvalue weighted by Gasteiger charge is 2.16. The standard InChI is InChI=1S/C14H17N5S/c1-3-7-19-12-10(5-4-6-16-12)17-13(19)11-8-20-14(18-11)9(2)15/h4-6,8-9H,3,7,15H2,1-2H3. The van der Waals surface area contributed by atoms with Gasteiger partial charge in [-0.15, -0.1) is 11.3 Å². The molecule has 0 bridgehead atoms. The number of hydrogen-bond donors (Lipinski definition) is 1.